The van der Waals surface area contributed by atoms with Crippen LogP contribution in [0.5, 0.6) is 0 Å². The van der Waals surface area contributed by atoms with Crippen LogP contribution in [0.15, 0.2) is 241 Å². The Labute approximate surface area is 360 Å². The van der Waals surface area contributed by atoms with Crippen LogP contribution in [0.4, 0.5) is 0 Å². The smallest absolute Gasteiger partial charge is 0.143 e. The van der Waals surface area contributed by atoms with Gasteiger partial charge in [0.2, 0.25) is 0 Å². The molecular formula is C60H39NO. The van der Waals surface area contributed by atoms with E-state index in [-0.39, 0.29) is 0 Å². The van der Waals surface area contributed by atoms with Gasteiger partial charge >= 0.3 is 0 Å². The molecule has 0 unspecified atom stereocenters. The molecule has 0 aliphatic heterocycles. The van der Waals surface area contributed by atoms with Gasteiger partial charge in [-0.15, -0.1) is 0 Å². The van der Waals surface area contributed by atoms with Crippen LogP contribution in [0, 0.1) is 0 Å². The predicted molar refractivity (Wildman–Crippen MR) is 261 cm³/mol. The standard InChI is InChI=1S/C60H39NO/c1-5-16-40(17-6-1)43-22-15-23-44(32-43)47-33-48(35-49(34-47)50-38-53(42-20-9-3-10-21-42)60-56(39-50)52-26-13-14-27-59(52)62-60)46-29-31-58-55(37-46)54-36-45(41-18-7-2-8-19-41)28-30-57(54)61(58)51-24-11-4-12-25-51/h1-39H. The highest BCUT2D eigenvalue weighted by molar-refractivity contribution is 6.13. The van der Waals surface area contributed by atoms with E-state index in [4.69, 9.17) is 4.42 Å². The summed E-state index contributed by atoms with van der Waals surface area (Å²) in [6.45, 7) is 0. The minimum absolute atomic E-state index is 0.891. The normalized spacial score (nSPS) is 11.5. The van der Waals surface area contributed by atoms with Gasteiger partial charge in [-0.1, -0.05) is 158 Å². The first-order valence-electron chi connectivity index (χ1n) is 21.2. The molecule has 10 aromatic carbocycles. The highest BCUT2D eigenvalue weighted by Gasteiger charge is 2.19. The van der Waals surface area contributed by atoms with Crippen molar-refractivity contribution in [1.29, 1.82) is 0 Å². The SMILES string of the molecule is c1ccc(-c2cccc(-c3cc(-c4cc(-c5ccccc5)c5oc6ccccc6c5c4)cc(-c4ccc5c(c4)c4cc(-c6ccccc6)ccc4n5-c4ccccc4)c3)c2)cc1. The quantitative estimate of drug-likeness (QED) is 0.157. The van der Waals surface area contributed by atoms with Crippen LogP contribution in [0.1, 0.15) is 0 Å². The third-order valence-electron chi connectivity index (χ3n) is 12.4. The summed E-state index contributed by atoms with van der Waals surface area (Å²) in [5.41, 5.74) is 19.2. The first-order chi connectivity index (χ1) is 30.7. The van der Waals surface area contributed by atoms with Gasteiger partial charge in [-0.25, -0.2) is 0 Å². The Balaban J connectivity index is 1.11. The van der Waals surface area contributed by atoms with Crippen molar-refractivity contribution < 1.29 is 4.42 Å². The van der Waals surface area contributed by atoms with E-state index in [1.165, 1.54) is 49.6 Å². The molecule has 2 heteroatoms. The summed E-state index contributed by atoms with van der Waals surface area (Å²) >= 11 is 0. The molecule has 0 bridgehead atoms. The lowest BCUT2D eigenvalue weighted by Gasteiger charge is -2.14. The van der Waals surface area contributed by atoms with Crippen molar-refractivity contribution >= 4 is 43.7 Å². The fourth-order valence-corrected chi connectivity index (χ4v) is 9.33. The van der Waals surface area contributed by atoms with Crippen LogP contribution >= 0.6 is 0 Å². The Kier molecular flexibility index (Phi) is 8.53. The van der Waals surface area contributed by atoms with E-state index in [0.29, 0.717) is 0 Å². The summed E-state index contributed by atoms with van der Waals surface area (Å²) in [5.74, 6) is 0. The first kappa shape index (κ1) is 35.7. The molecule has 0 aliphatic rings. The van der Waals surface area contributed by atoms with Gasteiger partial charge in [-0.2, -0.15) is 0 Å². The molecule has 2 aromatic heterocycles. The lowest BCUT2D eigenvalue weighted by molar-refractivity contribution is 0.670. The fraction of sp³-hybridized carbons (Fsp3) is 0. The van der Waals surface area contributed by atoms with E-state index < -0.39 is 0 Å². The van der Waals surface area contributed by atoms with Gasteiger partial charge in [0.25, 0.3) is 0 Å². The average Bonchev–Trinajstić information content (AvgIpc) is 3.90. The Morgan fingerprint density at radius 3 is 1.29 bits per heavy atom. The van der Waals surface area contributed by atoms with Crippen molar-refractivity contribution in [2.75, 3.05) is 0 Å². The molecule has 12 aromatic rings. The van der Waals surface area contributed by atoms with Gasteiger partial charge in [-0.05, 0) is 140 Å². The summed E-state index contributed by atoms with van der Waals surface area (Å²) in [6, 6.07) is 85.6. The zero-order chi connectivity index (χ0) is 41.0. The summed E-state index contributed by atoms with van der Waals surface area (Å²) < 4.78 is 9.01. The number of aromatic nitrogens is 1. The van der Waals surface area contributed by atoms with Gasteiger partial charge in [0, 0.05) is 32.8 Å². The zero-order valence-corrected chi connectivity index (χ0v) is 33.9. The molecule has 62 heavy (non-hydrogen) atoms. The number of hydrogen-bond acceptors (Lipinski definition) is 1. The maximum atomic E-state index is 6.61. The Morgan fingerprint density at radius 1 is 0.258 bits per heavy atom. The second-order valence-electron chi connectivity index (χ2n) is 16.1. The molecule has 0 amide bonds. The maximum absolute atomic E-state index is 6.61. The molecule has 0 aliphatic carbocycles. The van der Waals surface area contributed by atoms with Crippen molar-refractivity contribution in [3.8, 4) is 72.4 Å². The molecule has 0 N–H and O–H groups in total. The van der Waals surface area contributed by atoms with Gasteiger partial charge in [0.05, 0.1) is 11.0 Å². The number of rotatable bonds is 7. The van der Waals surface area contributed by atoms with Crippen molar-refractivity contribution in [3.63, 3.8) is 0 Å². The average molecular weight is 790 g/mol. The second kappa shape index (κ2) is 14.8. The number of nitrogens with zero attached hydrogens (tertiary/aromatic N) is 1. The minimum Gasteiger partial charge on any atom is -0.455 e. The molecule has 2 heterocycles. The molecule has 290 valence electrons. The van der Waals surface area contributed by atoms with Crippen molar-refractivity contribution in [1.82, 2.24) is 4.57 Å². The maximum Gasteiger partial charge on any atom is 0.143 e. The number of furan rings is 1. The van der Waals surface area contributed by atoms with Crippen molar-refractivity contribution in [2.45, 2.75) is 0 Å². The summed E-state index contributed by atoms with van der Waals surface area (Å²) in [7, 11) is 0. The van der Waals surface area contributed by atoms with Crippen LogP contribution in [-0.4, -0.2) is 4.57 Å². The zero-order valence-electron chi connectivity index (χ0n) is 33.9. The molecule has 0 radical (unpaired) electrons. The molecule has 0 atom stereocenters. The molecule has 0 saturated heterocycles. The van der Waals surface area contributed by atoms with Gasteiger partial charge in [0.15, 0.2) is 0 Å². The van der Waals surface area contributed by atoms with Crippen LogP contribution in [0.2, 0.25) is 0 Å². The van der Waals surface area contributed by atoms with Crippen molar-refractivity contribution in [2.24, 2.45) is 0 Å². The van der Waals surface area contributed by atoms with Gasteiger partial charge < -0.3 is 8.98 Å². The highest BCUT2D eigenvalue weighted by Crippen LogP contribution is 2.43. The Morgan fingerprint density at radius 2 is 0.677 bits per heavy atom. The van der Waals surface area contributed by atoms with Crippen LogP contribution < -0.4 is 0 Å². The van der Waals surface area contributed by atoms with E-state index in [2.05, 4.69) is 235 Å². The topological polar surface area (TPSA) is 18.1 Å². The molecule has 0 spiro atoms. The van der Waals surface area contributed by atoms with E-state index in [1.807, 2.05) is 6.07 Å². The molecule has 0 saturated carbocycles. The van der Waals surface area contributed by atoms with Gasteiger partial charge in [0.1, 0.15) is 11.2 Å². The lowest BCUT2D eigenvalue weighted by atomic mass is 9.90. The predicted octanol–water partition coefficient (Wildman–Crippen LogP) is 16.7. The largest absolute Gasteiger partial charge is 0.455 e. The second-order valence-corrected chi connectivity index (χ2v) is 16.1. The van der Waals surface area contributed by atoms with E-state index in [9.17, 15) is 0 Å². The summed E-state index contributed by atoms with van der Waals surface area (Å²) in [4.78, 5) is 0. The highest BCUT2D eigenvalue weighted by atomic mass is 16.3. The fourth-order valence-electron chi connectivity index (χ4n) is 9.33. The molecule has 0 fully saturated rings. The monoisotopic (exact) mass is 789 g/mol. The van der Waals surface area contributed by atoms with E-state index >= 15 is 0 Å². The van der Waals surface area contributed by atoms with E-state index in [1.54, 1.807) is 0 Å². The lowest BCUT2D eigenvalue weighted by Crippen LogP contribution is -1.93. The number of benzene rings is 10. The van der Waals surface area contributed by atoms with Crippen LogP contribution in [-0.2, 0) is 0 Å². The first-order valence-corrected chi connectivity index (χ1v) is 21.2. The van der Waals surface area contributed by atoms with Crippen molar-refractivity contribution in [3.05, 3.63) is 237 Å². The third-order valence-corrected chi connectivity index (χ3v) is 12.4. The Bertz CT molecular complexity index is 3600. The summed E-state index contributed by atoms with van der Waals surface area (Å²) in [5, 5.41) is 4.67. The minimum atomic E-state index is 0.891. The number of para-hydroxylation sites is 2. The number of hydrogen-bond donors (Lipinski definition) is 0. The number of fused-ring (bicyclic) bond motifs is 6. The Hall–Kier alpha value is -8.20. The molecule has 12 rings (SSSR count). The van der Waals surface area contributed by atoms with Crippen LogP contribution in [0.3, 0.4) is 0 Å². The van der Waals surface area contributed by atoms with Gasteiger partial charge in [-0.3, -0.25) is 0 Å². The van der Waals surface area contributed by atoms with E-state index in [0.717, 1.165) is 66.6 Å². The third kappa shape index (κ3) is 6.20. The van der Waals surface area contributed by atoms with Crippen LogP contribution in [0.25, 0.3) is 116 Å². The summed E-state index contributed by atoms with van der Waals surface area (Å²) in [6.07, 6.45) is 0. The molecular weight excluding hydrogens is 751 g/mol. The molecule has 2 nitrogen and oxygen atoms in total.